The Morgan fingerprint density at radius 1 is 1.35 bits per heavy atom. The van der Waals surface area contributed by atoms with Crippen LogP contribution in [0, 0.1) is 0 Å². The number of hydrogen-bond donors (Lipinski definition) is 1. The predicted molar refractivity (Wildman–Crippen MR) is 81.1 cm³/mol. The van der Waals surface area contributed by atoms with Crippen molar-refractivity contribution in [3.8, 4) is 5.75 Å². The van der Waals surface area contributed by atoms with Crippen molar-refractivity contribution in [2.24, 2.45) is 0 Å². The molecule has 0 fully saturated rings. The topological polar surface area (TPSA) is 58.8 Å². The summed E-state index contributed by atoms with van der Waals surface area (Å²) >= 11 is 0. The third-order valence-corrected chi connectivity index (χ3v) is 3.73. The van der Waals surface area contributed by atoms with Gasteiger partial charge in [0.05, 0.1) is 5.69 Å². The molecular formula is C15H23N3O2. The van der Waals surface area contributed by atoms with Gasteiger partial charge in [0, 0.05) is 24.8 Å². The summed E-state index contributed by atoms with van der Waals surface area (Å²) in [5.41, 5.74) is 7.24. The molecule has 5 heteroatoms. The lowest BCUT2D eigenvalue weighted by Crippen LogP contribution is -2.47. The number of nitrogens with two attached hydrogens (primary N) is 1. The van der Waals surface area contributed by atoms with Crippen LogP contribution in [0.15, 0.2) is 18.2 Å². The number of benzene rings is 1. The molecule has 5 nitrogen and oxygen atoms in total. The van der Waals surface area contributed by atoms with Gasteiger partial charge in [0.25, 0.3) is 5.91 Å². The summed E-state index contributed by atoms with van der Waals surface area (Å²) < 4.78 is 5.63. The summed E-state index contributed by atoms with van der Waals surface area (Å²) in [5, 5.41) is 0. The van der Waals surface area contributed by atoms with Gasteiger partial charge >= 0.3 is 0 Å². The zero-order valence-electron chi connectivity index (χ0n) is 12.4. The van der Waals surface area contributed by atoms with E-state index in [4.69, 9.17) is 10.5 Å². The molecule has 0 aliphatic carbocycles. The van der Waals surface area contributed by atoms with E-state index < -0.39 is 6.10 Å². The minimum absolute atomic E-state index is 0.00873. The van der Waals surface area contributed by atoms with E-state index >= 15 is 0 Å². The van der Waals surface area contributed by atoms with E-state index in [9.17, 15) is 4.79 Å². The molecule has 2 N–H and O–H groups in total. The molecule has 2 rings (SSSR count). The molecule has 1 aromatic carbocycles. The van der Waals surface area contributed by atoms with Crippen molar-refractivity contribution < 1.29 is 9.53 Å². The minimum Gasteiger partial charge on any atom is -0.479 e. The molecule has 1 heterocycles. The number of nitrogens with zero attached hydrogens (tertiary/aromatic N) is 2. The molecule has 0 radical (unpaired) electrons. The summed E-state index contributed by atoms with van der Waals surface area (Å²) in [7, 11) is 0. The number of rotatable bonds is 5. The number of nitrogen functional groups attached to an aromatic ring is 1. The molecule has 110 valence electrons. The number of hydrogen-bond acceptors (Lipinski definition) is 4. The lowest BCUT2D eigenvalue weighted by molar-refractivity contribution is -0.125. The molecule has 0 spiro atoms. The van der Waals surface area contributed by atoms with Crippen molar-refractivity contribution in [1.29, 1.82) is 0 Å². The summed E-state index contributed by atoms with van der Waals surface area (Å²) in [6.45, 7) is 9.53. The van der Waals surface area contributed by atoms with Gasteiger partial charge in [-0.15, -0.1) is 0 Å². The van der Waals surface area contributed by atoms with Gasteiger partial charge in [-0.2, -0.15) is 0 Å². The van der Waals surface area contributed by atoms with Crippen molar-refractivity contribution in [2.75, 3.05) is 36.8 Å². The molecule has 1 aliphatic rings. The Hall–Kier alpha value is -1.75. The highest BCUT2D eigenvalue weighted by molar-refractivity contribution is 6.00. The third kappa shape index (κ3) is 2.88. The zero-order valence-corrected chi connectivity index (χ0v) is 12.4. The summed E-state index contributed by atoms with van der Waals surface area (Å²) in [4.78, 5) is 16.4. The van der Waals surface area contributed by atoms with Crippen LogP contribution in [0.3, 0.4) is 0 Å². The van der Waals surface area contributed by atoms with Crippen LogP contribution in [0.2, 0.25) is 0 Å². The maximum absolute atomic E-state index is 12.3. The predicted octanol–water partition coefficient (Wildman–Crippen LogP) is 1.72. The largest absolute Gasteiger partial charge is 0.479 e. The lowest BCUT2D eigenvalue weighted by Gasteiger charge is -2.34. The summed E-state index contributed by atoms with van der Waals surface area (Å²) in [6.07, 6.45) is -0.457. The van der Waals surface area contributed by atoms with Crippen molar-refractivity contribution in [3.05, 3.63) is 18.2 Å². The second-order valence-corrected chi connectivity index (χ2v) is 5.00. The van der Waals surface area contributed by atoms with Gasteiger partial charge in [0.15, 0.2) is 6.10 Å². The van der Waals surface area contributed by atoms with Crippen molar-refractivity contribution >= 4 is 17.3 Å². The number of amides is 1. The Balaban J connectivity index is 2.21. The van der Waals surface area contributed by atoms with E-state index in [1.807, 2.05) is 6.07 Å². The van der Waals surface area contributed by atoms with Gasteiger partial charge in [-0.1, -0.05) is 13.8 Å². The molecule has 20 heavy (non-hydrogen) atoms. The van der Waals surface area contributed by atoms with E-state index in [-0.39, 0.29) is 5.91 Å². The molecule has 0 saturated carbocycles. The fourth-order valence-corrected chi connectivity index (χ4v) is 2.44. The van der Waals surface area contributed by atoms with Gasteiger partial charge in [-0.3, -0.25) is 4.79 Å². The van der Waals surface area contributed by atoms with Crippen LogP contribution in [0.5, 0.6) is 5.75 Å². The zero-order chi connectivity index (χ0) is 14.7. The lowest BCUT2D eigenvalue weighted by atomic mass is 10.1. The summed E-state index contributed by atoms with van der Waals surface area (Å²) in [6, 6.07) is 5.44. The highest BCUT2D eigenvalue weighted by Crippen LogP contribution is 2.35. The maximum Gasteiger partial charge on any atom is 0.267 e. The quantitative estimate of drug-likeness (QED) is 0.833. The van der Waals surface area contributed by atoms with Crippen LogP contribution in [0.4, 0.5) is 11.4 Å². The third-order valence-electron chi connectivity index (χ3n) is 3.73. The highest BCUT2D eigenvalue weighted by atomic mass is 16.5. The first-order valence-electron chi connectivity index (χ1n) is 7.16. The van der Waals surface area contributed by atoms with Crippen LogP contribution in [-0.4, -0.2) is 43.1 Å². The normalized spacial score (nSPS) is 18.1. The number of likely N-dealkylation sites (N-methyl/N-ethyl adjacent to an activating group) is 1. The first-order chi connectivity index (χ1) is 9.56. The molecule has 0 bridgehead atoms. The molecule has 1 aromatic rings. The maximum atomic E-state index is 12.3. The Morgan fingerprint density at radius 2 is 2.05 bits per heavy atom. The van der Waals surface area contributed by atoms with Crippen molar-refractivity contribution in [1.82, 2.24) is 4.90 Å². The number of fused-ring (bicyclic) bond motifs is 1. The van der Waals surface area contributed by atoms with Gasteiger partial charge in [-0.05, 0) is 32.1 Å². The van der Waals surface area contributed by atoms with E-state index in [1.165, 1.54) is 0 Å². The Morgan fingerprint density at radius 3 is 2.70 bits per heavy atom. The Labute approximate surface area is 120 Å². The molecule has 0 saturated heterocycles. The molecule has 1 amide bonds. The first kappa shape index (κ1) is 14.7. The van der Waals surface area contributed by atoms with E-state index in [0.29, 0.717) is 18.0 Å². The SMILES string of the molecule is CCN(CC)CCN1C(=O)C(C)Oc2cc(N)ccc21. The van der Waals surface area contributed by atoms with E-state index in [2.05, 4.69) is 18.7 Å². The van der Waals surface area contributed by atoms with Gasteiger partial charge in [-0.25, -0.2) is 0 Å². The number of carbonyl (C=O) groups excluding carboxylic acids is 1. The monoisotopic (exact) mass is 277 g/mol. The fraction of sp³-hybridized carbons (Fsp3) is 0.533. The molecule has 1 atom stereocenters. The van der Waals surface area contributed by atoms with Gasteiger partial charge < -0.3 is 20.3 Å². The fourth-order valence-electron chi connectivity index (χ4n) is 2.44. The number of ether oxygens (including phenoxy) is 1. The van der Waals surface area contributed by atoms with E-state index in [0.717, 1.165) is 25.3 Å². The average molecular weight is 277 g/mol. The van der Waals surface area contributed by atoms with Crippen LogP contribution in [0.1, 0.15) is 20.8 Å². The highest BCUT2D eigenvalue weighted by Gasteiger charge is 2.31. The van der Waals surface area contributed by atoms with E-state index in [1.54, 1.807) is 24.0 Å². The van der Waals surface area contributed by atoms with Gasteiger partial charge in [0.1, 0.15) is 5.75 Å². The standard InChI is InChI=1S/C15H23N3O2/c1-4-17(5-2)8-9-18-13-7-6-12(16)10-14(13)20-11(3)15(18)19/h6-7,10-11H,4-5,8-9,16H2,1-3H3. The molecule has 1 aliphatic heterocycles. The van der Waals surface area contributed by atoms with Gasteiger partial charge in [0.2, 0.25) is 0 Å². The Kier molecular flexibility index (Phi) is 4.49. The second kappa shape index (κ2) is 6.13. The van der Waals surface area contributed by atoms with Crippen LogP contribution < -0.4 is 15.4 Å². The number of carbonyl (C=O) groups is 1. The second-order valence-electron chi connectivity index (χ2n) is 5.00. The van der Waals surface area contributed by atoms with Crippen LogP contribution in [0.25, 0.3) is 0 Å². The van der Waals surface area contributed by atoms with Crippen molar-refractivity contribution in [3.63, 3.8) is 0 Å². The van der Waals surface area contributed by atoms with Crippen molar-refractivity contribution in [2.45, 2.75) is 26.9 Å². The van der Waals surface area contributed by atoms with Crippen LogP contribution >= 0.6 is 0 Å². The smallest absolute Gasteiger partial charge is 0.267 e. The molecular weight excluding hydrogens is 254 g/mol. The first-order valence-corrected chi connectivity index (χ1v) is 7.16. The Bertz CT molecular complexity index is 486. The minimum atomic E-state index is -0.457. The average Bonchev–Trinajstić information content (AvgIpc) is 2.43. The molecule has 1 unspecified atom stereocenters. The van der Waals surface area contributed by atoms with Crippen LogP contribution in [-0.2, 0) is 4.79 Å². The summed E-state index contributed by atoms with van der Waals surface area (Å²) in [5.74, 6) is 0.700. The molecule has 0 aromatic heterocycles. The number of anilines is 2.